The Labute approximate surface area is 159 Å². The zero-order valence-electron chi connectivity index (χ0n) is 13.9. The molecule has 0 aliphatic carbocycles. The van der Waals surface area contributed by atoms with Crippen LogP contribution in [0.4, 0.5) is 9.93 Å². The summed E-state index contributed by atoms with van der Waals surface area (Å²) in [5.74, 6) is 0.446. The number of anilines is 1. The molecule has 6 nitrogen and oxygen atoms in total. The number of nitrogens with zero attached hydrogens (tertiary/aromatic N) is 2. The zero-order chi connectivity index (χ0) is 17.9. The van der Waals surface area contributed by atoms with E-state index in [1.807, 2.05) is 35.8 Å². The first-order valence-electron chi connectivity index (χ1n) is 8.33. The second-order valence-corrected chi connectivity index (χ2v) is 7.92. The maximum atomic E-state index is 11.6. The number of hydrogen-bond donors (Lipinski definition) is 1. The first-order chi connectivity index (χ1) is 12.7. The minimum absolute atomic E-state index is 0.331. The Bertz CT molecular complexity index is 834. The van der Waals surface area contributed by atoms with Gasteiger partial charge in [0.1, 0.15) is 12.4 Å². The fourth-order valence-corrected chi connectivity index (χ4v) is 4.47. The maximum absolute atomic E-state index is 11.6. The minimum atomic E-state index is -0.344. The molecule has 1 atom stereocenters. The second kappa shape index (κ2) is 7.51. The highest BCUT2D eigenvalue weighted by molar-refractivity contribution is 8.18. The summed E-state index contributed by atoms with van der Waals surface area (Å²) in [6.45, 7) is 1.64. The van der Waals surface area contributed by atoms with Crippen molar-refractivity contribution in [3.8, 4) is 5.75 Å². The van der Waals surface area contributed by atoms with Crippen molar-refractivity contribution in [2.75, 3.05) is 18.1 Å². The predicted octanol–water partition coefficient (Wildman–Crippen LogP) is 3.51. The van der Waals surface area contributed by atoms with Gasteiger partial charge in [0.05, 0.1) is 10.9 Å². The molecule has 1 aromatic carbocycles. The van der Waals surface area contributed by atoms with E-state index in [1.54, 1.807) is 17.4 Å². The van der Waals surface area contributed by atoms with Gasteiger partial charge < -0.3 is 9.64 Å². The number of aromatic nitrogens is 1. The number of benzene rings is 1. The van der Waals surface area contributed by atoms with E-state index in [4.69, 9.17) is 4.74 Å². The molecule has 2 aliphatic rings. The van der Waals surface area contributed by atoms with Crippen LogP contribution in [0, 0.1) is 0 Å². The molecule has 0 radical (unpaired) electrons. The van der Waals surface area contributed by atoms with E-state index in [1.165, 1.54) is 0 Å². The van der Waals surface area contributed by atoms with E-state index >= 15 is 0 Å². The van der Waals surface area contributed by atoms with E-state index in [0.29, 0.717) is 17.6 Å². The summed E-state index contributed by atoms with van der Waals surface area (Å²) in [5.41, 5.74) is 0.856. The van der Waals surface area contributed by atoms with Crippen molar-refractivity contribution in [1.82, 2.24) is 10.3 Å². The smallest absolute Gasteiger partial charge is 0.290 e. The van der Waals surface area contributed by atoms with Crippen molar-refractivity contribution in [1.29, 1.82) is 0 Å². The molecule has 1 aromatic heterocycles. The van der Waals surface area contributed by atoms with Crippen molar-refractivity contribution in [3.63, 3.8) is 0 Å². The molecule has 0 spiro atoms. The fourth-order valence-electron chi connectivity index (χ4n) is 3.04. The highest BCUT2D eigenvalue weighted by Crippen LogP contribution is 2.28. The minimum Gasteiger partial charge on any atom is -0.491 e. The number of rotatable bonds is 5. The molecule has 2 aromatic rings. The largest absolute Gasteiger partial charge is 0.491 e. The van der Waals surface area contributed by atoms with Crippen LogP contribution < -0.4 is 15.0 Å². The van der Waals surface area contributed by atoms with E-state index < -0.39 is 0 Å². The van der Waals surface area contributed by atoms with Gasteiger partial charge in [-0.05, 0) is 48.4 Å². The highest BCUT2D eigenvalue weighted by atomic mass is 32.2. The number of carbonyl (C=O) groups excluding carboxylic acids is 2. The Kier molecular flexibility index (Phi) is 4.94. The molecule has 0 unspecified atom stereocenters. The molecule has 1 N–H and O–H groups in total. The Morgan fingerprint density at radius 1 is 1.31 bits per heavy atom. The molecular weight excluding hydrogens is 370 g/mol. The van der Waals surface area contributed by atoms with Gasteiger partial charge in [0, 0.05) is 18.1 Å². The van der Waals surface area contributed by atoms with E-state index in [-0.39, 0.29) is 11.1 Å². The molecule has 26 heavy (non-hydrogen) atoms. The van der Waals surface area contributed by atoms with Gasteiger partial charge in [-0.15, -0.1) is 11.3 Å². The first kappa shape index (κ1) is 17.1. The molecule has 2 fully saturated rings. The number of imide groups is 1. The lowest BCUT2D eigenvalue weighted by molar-refractivity contribution is -0.115. The van der Waals surface area contributed by atoms with Gasteiger partial charge >= 0.3 is 0 Å². The quantitative estimate of drug-likeness (QED) is 0.792. The van der Waals surface area contributed by atoms with Gasteiger partial charge in [-0.1, -0.05) is 12.1 Å². The van der Waals surface area contributed by atoms with Crippen LogP contribution in [0.5, 0.6) is 5.75 Å². The standard InChI is InChI=1S/C18H17N3O3S2/c22-16-15(26-18(23)20-16)10-12-3-5-14(6-4-12)24-11-13-2-1-8-21(13)17-19-7-9-25-17/h3-7,9-10,13H,1-2,8,11H2,(H,20,22,23)/b15-10-/t13-/m0/s1. The Balaban J connectivity index is 1.37. The number of nitrogens with one attached hydrogen (secondary N) is 1. The lowest BCUT2D eigenvalue weighted by atomic mass is 10.2. The fraction of sp³-hybridized carbons (Fsp3) is 0.278. The molecule has 0 saturated carbocycles. The number of carbonyl (C=O) groups is 2. The summed E-state index contributed by atoms with van der Waals surface area (Å²) < 4.78 is 5.96. The molecule has 134 valence electrons. The average Bonchev–Trinajstić information content (AvgIpc) is 3.36. The third kappa shape index (κ3) is 3.76. The number of amides is 2. The van der Waals surface area contributed by atoms with Crippen LogP contribution in [0.1, 0.15) is 18.4 Å². The van der Waals surface area contributed by atoms with Crippen LogP contribution >= 0.6 is 23.1 Å². The summed E-state index contributed by atoms with van der Waals surface area (Å²) in [4.78, 5) is 29.9. The Morgan fingerprint density at radius 3 is 2.85 bits per heavy atom. The SMILES string of the molecule is O=C1NC(=O)/C(=C/c2ccc(OC[C@@H]3CCCN3c3nccs3)cc2)S1. The lowest BCUT2D eigenvalue weighted by Crippen LogP contribution is -2.34. The summed E-state index contributed by atoms with van der Waals surface area (Å²) >= 11 is 2.58. The predicted molar refractivity (Wildman–Crippen MR) is 104 cm³/mol. The van der Waals surface area contributed by atoms with Crippen LogP contribution in [0.15, 0.2) is 40.7 Å². The van der Waals surface area contributed by atoms with Crippen molar-refractivity contribution in [2.45, 2.75) is 18.9 Å². The summed E-state index contributed by atoms with van der Waals surface area (Å²) in [6.07, 6.45) is 5.79. The topological polar surface area (TPSA) is 71.5 Å². The molecule has 8 heteroatoms. The van der Waals surface area contributed by atoms with Gasteiger partial charge in [-0.3, -0.25) is 14.9 Å². The molecule has 3 heterocycles. The van der Waals surface area contributed by atoms with Gasteiger partial charge in [-0.2, -0.15) is 0 Å². The first-order valence-corrected chi connectivity index (χ1v) is 10.0. The summed E-state index contributed by atoms with van der Waals surface area (Å²) in [6, 6.07) is 7.87. The normalized spacial score (nSPS) is 21.5. The maximum Gasteiger partial charge on any atom is 0.290 e. The summed E-state index contributed by atoms with van der Waals surface area (Å²) in [5, 5.41) is 4.97. The van der Waals surface area contributed by atoms with Crippen molar-refractivity contribution >= 4 is 45.5 Å². The van der Waals surface area contributed by atoms with Crippen LogP contribution in [-0.4, -0.2) is 35.3 Å². The van der Waals surface area contributed by atoms with Gasteiger partial charge in [0.2, 0.25) is 0 Å². The van der Waals surface area contributed by atoms with E-state index in [0.717, 1.165) is 47.6 Å². The Morgan fingerprint density at radius 2 is 2.15 bits per heavy atom. The second-order valence-electron chi connectivity index (χ2n) is 6.04. The zero-order valence-corrected chi connectivity index (χ0v) is 15.5. The molecule has 2 amide bonds. The molecular formula is C18H17N3O3S2. The number of ether oxygens (including phenoxy) is 1. The third-order valence-electron chi connectivity index (χ3n) is 4.30. The number of thiazole rings is 1. The van der Waals surface area contributed by atoms with Crippen molar-refractivity contribution in [3.05, 3.63) is 46.3 Å². The number of thioether (sulfide) groups is 1. The van der Waals surface area contributed by atoms with Crippen LogP contribution in [0.2, 0.25) is 0 Å². The molecule has 2 aliphatic heterocycles. The van der Waals surface area contributed by atoms with Gasteiger partial charge in [0.15, 0.2) is 5.13 Å². The van der Waals surface area contributed by atoms with E-state index in [2.05, 4.69) is 15.2 Å². The van der Waals surface area contributed by atoms with Crippen molar-refractivity contribution < 1.29 is 14.3 Å². The number of hydrogen-bond acceptors (Lipinski definition) is 7. The van der Waals surface area contributed by atoms with Crippen LogP contribution in [-0.2, 0) is 4.79 Å². The Hall–Kier alpha value is -2.32. The molecule has 0 bridgehead atoms. The van der Waals surface area contributed by atoms with E-state index in [9.17, 15) is 9.59 Å². The van der Waals surface area contributed by atoms with Crippen LogP contribution in [0.3, 0.4) is 0 Å². The third-order valence-corrected chi connectivity index (χ3v) is 5.92. The van der Waals surface area contributed by atoms with Gasteiger partial charge in [0.25, 0.3) is 11.1 Å². The lowest BCUT2D eigenvalue weighted by Gasteiger charge is -2.24. The van der Waals surface area contributed by atoms with Crippen LogP contribution in [0.25, 0.3) is 6.08 Å². The average molecular weight is 387 g/mol. The monoisotopic (exact) mass is 387 g/mol. The molecule has 2 saturated heterocycles. The molecule has 4 rings (SSSR count). The van der Waals surface area contributed by atoms with Gasteiger partial charge in [-0.25, -0.2) is 4.98 Å². The van der Waals surface area contributed by atoms with Crippen molar-refractivity contribution in [2.24, 2.45) is 0 Å². The summed E-state index contributed by atoms with van der Waals surface area (Å²) in [7, 11) is 0. The highest BCUT2D eigenvalue weighted by Gasteiger charge is 2.27.